The van der Waals surface area contributed by atoms with E-state index in [1.54, 1.807) is 58.7 Å². The maximum atomic E-state index is 13.4. The van der Waals surface area contributed by atoms with E-state index in [4.69, 9.17) is 0 Å². The molecule has 0 saturated carbocycles. The molecule has 1 N–H and O–H groups in total. The van der Waals surface area contributed by atoms with Gasteiger partial charge in [-0.05, 0) is 47.9 Å². The number of hydrogen-bond acceptors (Lipinski definition) is 6. The molecule has 1 aromatic carbocycles. The van der Waals surface area contributed by atoms with E-state index >= 15 is 0 Å². The number of carbonyl (C=O) groups excluding carboxylic acids is 1. The average molecular weight is 503 g/mol. The van der Waals surface area contributed by atoms with Crippen molar-refractivity contribution in [3.63, 3.8) is 0 Å². The molecule has 0 radical (unpaired) electrons. The molecule has 182 valence electrons. The number of nitrogens with zero attached hydrogens (tertiary/aromatic N) is 6. The second kappa shape index (κ2) is 8.61. The Labute approximate surface area is 209 Å². The predicted molar refractivity (Wildman–Crippen MR) is 132 cm³/mol. The highest BCUT2D eigenvalue weighted by molar-refractivity contribution is 7.91. The van der Waals surface area contributed by atoms with Gasteiger partial charge in [-0.1, -0.05) is 6.07 Å². The zero-order chi connectivity index (χ0) is 25.0. The van der Waals surface area contributed by atoms with Gasteiger partial charge in [-0.2, -0.15) is 0 Å². The normalized spacial score (nSPS) is 19.7. The smallest absolute Gasteiger partial charge is 0.407 e. The second-order valence-electron chi connectivity index (χ2n) is 8.97. The predicted octanol–water partition coefficient (Wildman–Crippen LogP) is 2.80. The van der Waals surface area contributed by atoms with Crippen molar-refractivity contribution >= 4 is 34.1 Å². The number of benzene rings is 1. The third-order valence-corrected chi connectivity index (χ3v) is 7.83. The van der Waals surface area contributed by atoms with Gasteiger partial charge in [0.1, 0.15) is 6.26 Å². The SMILES string of the molecule is C[S+]([O-])c1cn(-c2ncc(-c3ccccn3)cn2)c2cc(C(=O)N3CC4CC3CN4C(=O)O)ccc12. The van der Waals surface area contributed by atoms with Gasteiger partial charge in [0.2, 0.25) is 5.95 Å². The van der Waals surface area contributed by atoms with E-state index < -0.39 is 17.3 Å². The van der Waals surface area contributed by atoms with Crippen LogP contribution in [-0.4, -0.2) is 82.4 Å². The van der Waals surface area contributed by atoms with E-state index in [1.165, 1.54) is 4.90 Å². The maximum absolute atomic E-state index is 13.4. The van der Waals surface area contributed by atoms with Gasteiger partial charge in [0.05, 0.1) is 34.9 Å². The fourth-order valence-corrected chi connectivity index (χ4v) is 5.89. The van der Waals surface area contributed by atoms with Crippen molar-refractivity contribution in [1.82, 2.24) is 29.3 Å². The van der Waals surface area contributed by atoms with Crippen molar-refractivity contribution in [3.8, 4) is 17.2 Å². The van der Waals surface area contributed by atoms with Crippen LogP contribution in [0.3, 0.4) is 0 Å². The van der Waals surface area contributed by atoms with Crippen LogP contribution in [0.5, 0.6) is 0 Å². The van der Waals surface area contributed by atoms with Crippen molar-refractivity contribution in [2.24, 2.45) is 0 Å². The van der Waals surface area contributed by atoms with Crippen LogP contribution in [0.15, 0.2) is 66.1 Å². The van der Waals surface area contributed by atoms with Gasteiger partial charge < -0.3 is 19.5 Å². The molecular formula is C25H22N6O4S. The molecule has 2 aliphatic rings. The van der Waals surface area contributed by atoms with Gasteiger partial charge in [0.25, 0.3) is 5.91 Å². The highest BCUT2D eigenvalue weighted by atomic mass is 32.2. The van der Waals surface area contributed by atoms with Crippen LogP contribution in [0.2, 0.25) is 0 Å². The number of piperazine rings is 1. The highest BCUT2D eigenvalue weighted by Crippen LogP contribution is 2.33. The van der Waals surface area contributed by atoms with Crippen LogP contribution in [0.4, 0.5) is 4.79 Å². The number of likely N-dealkylation sites (tertiary alicyclic amines) is 2. The summed E-state index contributed by atoms with van der Waals surface area (Å²) in [7, 11) is 0. The number of rotatable bonds is 4. The standard InChI is InChI=1S/C25H22N6O4S/c1-36(35)22-14-31(24-27-10-16(11-28-24)20-4-2-3-7-26-20)21-8-15(5-6-19(21)22)23(32)29-12-18-9-17(29)13-30(18)25(33)34/h2-8,10-11,14,17-18H,9,12-13H2,1H3,(H,33,34). The fourth-order valence-electron chi connectivity index (χ4n) is 5.15. The number of hydrogen-bond donors (Lipinski definition) is 1. The lowest BCUT2D eigenvalue weighted by Crippen LogP contribution is -2.50. The fraction of sp³-hybridized carbons (Fsp3) is 0.240. The van der Waals surface area contributed by atoms with Crippen molar-refractivity contribution < 1.29 is 19.2 Å². The minimum atomic E-state index is -1.26. The summed E-state index contributed by atoms with van der Waals surface area (Å²) in [6.45, 7) is 0.719. The number of carbonyl (C=O) groups is 2. The summed E-state index contributed by atoms with van der Waals surface area (Å²) in [5.41, 5.74) is 2.68. The van der Waals surface area contributed by atoms with Gasteiger partial charge in [-0.25, -0.2) is 14.8 Å². The first-order valence-electron chi connectivity index (χ1n) is 11.4. The highest BCUT2D eigenvalue weighted by Gasteiger charge is 2.47. The molecule has 2 amide bonds. The average Bonchev–Trinajstić information content (AvgIpc) is 3.61. The molecule has 36 heavy (non-hydrogen) atoms. The summed E-state index contributed by atoms with van der Waals surface area (Å²) in [5.74, 6) is 0.242. The van der Waals surface area contributed by atoms with Crippen LogP contribution >= 0.6 is 0 Å². The molecule has 11 heteroatoms. The van der Waals surface area contributed by atoms with Crippen molar-refractivity contribution in [3.05, 3.63) is 66.7 Å². The van der Waals surface area contributed by atoms with E-state index in [1.807, 2.05) is 18.2 Å². The number of carboxylic acid groups (broad SMARTS) is 1. The topological polar surface area (TPSA) is 128 Å². The summed E-state index contributed by atoms with van der Waals surface area (Å²) in [6, 6.07) is 10.6. The number of amides is 2. The third kappa shape index (κ3) is 3.67. The molecule has 2 fully saturated rings. The quantitative estimate of drug-likeness (QED) is 0.425. The Bertz CT molecular complexity index is 1470. The van der Waals surface area contributed by atoms with Crippen molar-refractivity contribution in [2.75, 3.05) is 19.3 Å². The molecule has 10 nitrogen and oxygen atoms in total. The molecule has 3 aromatic heterocycles. The largest absolute Gasteiger partial charge is 0.612 e. The lowest BCUT2D eigenvalue weighted by Gasteiger charge is -2.32. The summed E-state index contributed by atoms with van der Waals surface area (Å²) in [6.07, 6.45) is 8.14. The summed E-state index contributed by atoms with van der Waals surface area (Å²) in [4.78, 5) is 41.9. The van der Waals surface area contributed by atoms with Crippen molar-refractivity contribution in [1.29, 1.82) is 0 Å². The van der Waals surface area contributed by atoms with Crippen molar-refractivity contribution in [2.45, 2.75) is 23.4 Å². The molecule has 4 aromatic rings. The van der Waals surface area contributed by atoms with Gasteiger partial charge >= 0.3 is 6.09 Å². The number of pyridine rings is 1. The minimum absolute atomic E-state index is 0.123. The van der Waals surface area contributed by atoms with Crippen LogP contribution in [-0.2, 0) is 11.2 Å². The van der Waals surface area contributed by atoms with E-state index in [9.17, 15) is 19.2 Å². The van der Waals surface area contributed by atoms with Gasteiger partial charge in [0.15, 0.2) is 4.90 Å². The van der Waals surface area contributed by atoms with Crippen LogP contribution in [0.25, 0.3) is 28.1 Å². The van der Waals surface area contributed by atoms with E-state index in [0.717, 1.165) is 16.6 Å². The molecular weight excluding hydrogens is 480 g/mol. The molecule has 3 unspecified atom stereocenters. The Morgan fingerprint density at radius 2 is 1.81 bits per heavy atom. The molecule has 0 aliphatic carbocycles. The lowest BCUT2D eigenvalue weighted by molar-refractivity contribution is 0.0613. The van der Waals surface area contributed by atoms with Crippen LogP contribution in [0.1, 0.15) is 16.8 Å². The molecule has 5 heterocycles. The monoisotopic (exact) mass is 502 g/mol. The molecule has 2 saturated heterocycles. The first-order valence-corrected chi connectivity index (χ1v) is 13.0. The Balaban J connectivity index is 1.35. The minimum Gasteiger partial charge on any atom is -0.612 e. The first-order chi connectivity index (χ1) is 17.4. The Morgan fingerprint density at radius 1 is 1.06 bits per heavy atom. The maximum Gasteiger partial charge on any atom is 0.407 e. The Morgan fingerprint density at radius 3 is 2.44 bits per heavy atom. The zero-order valence-corrected chi connectivity index (χ0v) is 20.1. The third-order valence-electron chi connectivity index (χ3n) is 6.89. The Hall–Kier alpha value is -3.96. The van der Waals surface area contributed by atoms with Gasteiger partial charge in [0, 0.05) is 42.8 Å². The summed E-state index contributed by atoms with van der Waals surface area (Å²) >= 11 is -1.26. The van der Waals surface area contributed by atoms with Crippen LogP contribution < -0.4 is 0 Å². The summed E-state index contributed by atoms with van der Waals surface area (Å²) in [5, 5.41) is 10.1. The second-order valence-corrected chi connectivity index (χ2v) is 10.3. The lowest BCUT2D eigenvalue weighted by atomic mass is 10.1. The molecule has 3 atom stereocenters. The van der Waals surface area contributed by atoms with Gasteiger partial charge in [-0.3, -0.25) is 14.3 Å². The zero-order valence-electron chi connectivity index (χ0n) is 19.3. The van der Waals surface area contributed by atoms with Crippen LogP contribution in [0, 0.1) is 0 Å². The Kier molecular flexibility index (Phi) is 5.38. The first kappa shape index (κ1) is 22.5. The van der Waals surface area contributed by atoms with E-state index in [2.05, 4.69) is 15.0 Å². The molecule has 2 bridgehead atoms. The van der Waals surface area contributed by atoms with E-state index in [-0.39, 0.29) is 18.0 Å². The molecule has 0 spiro atoms. The number of aromatic nitrogens is 4. The molecule has 2 aliphatic heterocycles. The number of fused-ring (bicyclic) bond motifs is 3. The summed E-state index contributed by atoms with van der Waals surface area (Å²) < 4.78 is 14.2. The van der Waals surface area contributed by atoms with Gasteiger partial charge in [-0.15, -0.1) is 0 Å². The van der Waals surface area contributed by atoms with E-state index in [0.29, 0.717) is 41.4 Å². The molecule has 6 rings (SSSR count).